The summed E-state index contributed by atoms with van der Waals surface area (Å²) < 4.78 is 25.9. The molecule has 0 saturated carbocycles. The minimum absolute atomic E-state index is 0.0256. The number of aromatic amines is 2. The van der Waals surface area contributed by atoms with Gasteiger partial charge in [0.15, 0.2) is 5.82 Å². The van der Waals surface area contributed by atoms with E-state index in [-0.39, 0.29) is 16.4 Å². The zero-order valence-corrected chi connectivity index (χ0v) is 9.95. The highest BCUT2D eigenvalue weighted by molar-refractivity contribution is 7.92. The largest absolute Gasteiger partial charge is 0.477 e. The van der Waals surface area contributed by atoms with Crippen molar-refractivity contribution in [2.24, 2.45) is 0 Å². The van der Waals surface area contributed by atoms with Crippen molar-refractivity contribution >= 4 is 21.8 Å². The second kappa shape index (κ2) is 4.14. The molecule has 0 fully saturated rings. The average molecular weight is 271 g/mol. The first-order valence-electron chi connectivity index (χ1n) is 4.71. The number of nitrogens with one attached hydrogen (secondary N) is 3. The molecule has 0 saturated heterocycles. The fraction of sp³-hybridized carbons (Fsp3) is 0.125. The van der Waals surface area contributed by atoms with Crippen LogP contribution in [0.3, 0.4) is 0 Å². The summed E-state index contributed by atoms with van der Waals surface area (Å²) >= 11 is 0. The van der Waals surface area contributed by atoms with Crippen molar-refractivity contribution in [1.29, 1.82) is 0 Å². The summed E-state index contributed by atoms with van der Waals surface area (Å²) in [7, 11) is -3.83. The van der Waals surface area contributed by atoms with Crippen LogP contribution in [-0.4, -0.2) is 39.9 Å². The van der Waals surface area contributed by atoms with Gasteiger partial charge in [0.25, 0.3) is 10.0 Å². The zero-order chi connectivity index (χ0) is 13.3. The number of carboxylic acid groups (broad SMARTS) is 1. The number of hydrogen-bond acceptors (Lipinski definition) is 5. The van der Waals surface area contributed by atoms with Gasteiger partial charge in [-0.25, -0.2) is 13.2 Å². The number of aromatic carboxylic acids is 1. The Morgan fingerprint density at radius 1 is 1.44 bits per heavy atom. The van der Waals surface area contributed by atoms with Crippen molar-refractivity contribution in [2.45, 2.75) is 11.8 Å². The van der Waals surface area contributed by atoms with Gasteiger partial charge in [-0.2, -0.15) is 10.2 Å². The predicted octanol–water partition coefficient (Wildman–Crippen LogP) is -0.0598. The maximum atomic E-state index is 11.9. The highest BCUT2D eigenvalue weighted by Gasteiger charge is 2.20. The molecule has 9 nitrogen and oxygen atoms in total. The molecule has 0 spiro atoms. The van der Waals surface area contributed by atoms with Crippen LogP contribution < -0.4 is 4.72 Å². The molecule has 0 bridgehead atoms. The molecular weight excluding hydrogens is 262 g/mol. The lowest BCUT2D eigenvalue weighted by molar-refractivity contribution is 0.0690. The van der Waals surface area contributed by atoms with Crippen LogP contribution >= 0.6 is 0 Å². The molecule has 10 heteroatoms. The summed E-state index contributed by atoms with van der Waals surface area (Å²) in [6, 6.07) is 1.08. The molecule has 0 aliphatic rings. The quantitative estimate of drug-likeness (QED) is 0.614. The molecule has 2 aromatic rings. The van der Waals surface area contributed by atoms with E-state index in [9.17, 15) is 13.2 Å². The molecule has 18 heavy (non-hydrogen) atoms. The summed E-state index contributed by atoms with van der Waals surface area (Å²) in [5, 5.41) is 20.5. The maximum absolute atomic E-state index is 11.9. The highest BCUT2D eigenvalue weighted by atomic mass is 32.2. The number of aryl methyl sites for hydroxylation is 1. The number of aromatic nitrogens is 4. The minimum atomic E-state index is -3.83. The number of carboxylic acids is 1. The third-order valence-electron chi connectivity index (χ3n) is 2.12. The molecule has 2 heterocycles. The Morgan fingerprint density at radius 3 is 2.67 bits per heavy atom. The van der Waals surface area contributed by atoms with E-state index in [4.69, 9.17) is 5.11 Å². The predicted molar refractivity (Wildman–Crippen MR) is 59.7 cm³/mol. The van der Waals surface area contributed by atoms with Crippen LogP contribution in [-0.2, 0) is 10.0 Å². The molecule has 0 unspecified atom stereocenters. The van der Waals surface area contributed by atoms with Crippen LogP contribution in [0, 0.1) is 6.92 Å². The lowest BCUT2D eigenvalue weighted by Gasteiger charge is -2.02. The molecular formula is C8H9N5O4S. The van der Waals surface area contributed by atoms with Gasteiger partial charge in [-0.1, -0.05) is 0 Å². The molecule has 0 atom stereocenters. The molecule has 4 N–H and O–H groups in total. The van der Waals surface area contributed by atoms with Gasteiger partial charge in [-0.15, -0.1) is 0 Å². The number of rotatable bonds is 4. The second-order valence-corrected chi connectivity index (χ2v) is 5.09. The molecule has 96 valence electrons. The van der Waals surface area contributed by atoms with Crippen LogP contribution in [0.1, 0.15) is 16.2 Å². The van der Waals surface area contributed by atoms with Gasteiger partial charge < -0.3 is 5.11 Å². The third-order valence-corrected chi connectivity index (χ3v) is 3.59. The van der Waals surface area contributed by atoms with E-state index >= 15 is 0 Å². The van der Waals surface area contributed by atoms with E-state index < -0.39 is 16.0 Å². The number of anilines is 1. The molecule has 0 aliphatic carbocycles. The lowest BCUT2D eigenvalue weighted by Crippen LogP contribution is -2.13. The van der Waals surface area contributed by atoms with Crippen LogP contribution in [0.2, 0.25) is 0 Å². The lowest BCUT2D eigenvalue weighted by atomic mass is 10.4. The Kier molecular flexibility index (Phi) is 2.79. The maximum Gasteiger partial charge on any atom is 0.353 e. The first kappa shape index (κ1) is 12.1. The van der Waals surface area contributed by atoms with E-state index in [0.29, 0.717) is 5.69 Å². The Labute approximate surface area is 101 Å². The second-order valence-electron chi connectivity index (χ2n) is 3.44. The van der Waals surface area contributed by atoms with Crippen LogP contribution in [0.25, 0.3) is 0 Å². The molecule has 0 radical (unpaired) electrons. The smallest absolute Gasteiger partial charge is 0.353 e. The average Bonchev–Trinajstić information content (AvgIpc) is 2.86. The molecule has 2 rings (SSSR count). The summed E-state index contributed by atoms with van der Waals surface area (Å²) in [5.41, 5.74) is 0.160. The normalized spacial score (nSPS) is 11.4. The summed E-state index contributed by atoms with van der Waals surface area (Å²) in [6.07, 6.45) is 1.16. The van der Waals surface area contributed by atoms with E-state index in [2.05, 4.69) is 25.1 Å². The first-order valence-corrected chi connectivity index (χ1v) is 6.20. The minimum Gasteiger partial charge on any atom is -0.477 e. The van der Waals surface area contributed by atoms with Crippen LogP contribution in [0.4, 0.5) is 5.82 Å². The Bertz CT molecular complexity index is 686. The number of hydrogen-bond donors (Lipinski definition) is 4. The van der Waals surface area contributed by atoms with Gasteiger partial charge in [-0.3, -0.25) is 14.9 Å². The van der Waals surface area contributed by atoms with E-state index in [1.807, 2.05) is 0 Å². The topological polar surface area (TPSA) is 141 Å². The van der Waals surface area contributed by atoms with Crippen LogP contribution in [0.5, 0.6) is 0 Å². The monoisotopic (exact) mass is 271 g/mol. The number of H-pyrrole nitrogens is 2. The standard InChI is InChI=1S/C8H9N5O4S/c1-4-6(3-9-10-4)18(16,17)13-7-2-5(8(14)15)11-12-7/h2-3H,1H3,(H,9,10)(H,14,15)(H2,11,12,13). The molecule has 0 amide bonds. The Hall–Kier alpha value is -2.36. The van der Waals surface area contributed by atoms with Crippen molar-refractivity contribution in [1.82, 2.24) is 20.4 Å². The van der Waals surface area contributed by atoms with Gasteiger partial charge in [-0.05, 0) is 6.92 Å². The van der Waals surface area contributed by atoms with E-state index in [1.54, 1.807) is 6.92 Å². The fourth-order valence-corrected chi connectivity index (χ4v) is 2.42. The van der Waals surface area contributed by atoms with Crippen molar-refractivity contribution < 1.29 is 18.3 Å². The molecule has 0 aliphatic heterocycles. The third kappa shape index (κ3) is 2.18. The summed E-state index contributed by atoms with van der Waals surface area (Å²) in [6.45, 7) is 1.55. The van der Waals surface area contributed by atoms with E-state index in [0.717, 1.165) is 12.3 Å². The van der Waals surface area contributed by atoms with Crippen LogP contribution in [0.15, 0.2) is 17.2 Å². The number of nitrogens with zero attached hydrogens (tertiary/aromatic N) is 2. The van der Waals surface area contributed by atoms with Crippen molar-refractivity contribution in [3.63, 3.8) is 0 Å². The Morgan fingerprint density at radius 2 is 2.17 bits per heavy atom. The SMILES string of the molecule is Cc1[nH]ncc1S(=O)(=O)Nc1cc(C(=O)O)[nH]n1. The zero-order valence-electron chi connectivity index (χ0n) is 9.13. The highest BCUT2D eigenvalue weighted by Crippen LogP contribution is 2.16. The van der Waals surface area contributed by atoms with E-state index in [1.165, 1.54) is 0 Å². The van der Waals surface area contributed by atoms with Gasteiger partial charge in [0.05, 0.1) is 11.9 Å². The fourth-order valence-electron chi connectivity index (χ4n) is 1.29. The molecule has 0 aromatic carbocycles. The van der Waals surface area contributed by atoms with Gasteiger partial charge >= 0.3 is 5.97 Å². The van der Waals surface area contributed by atoms with Crippen molar-refractivity contribution in [2.75, 3.05) is 4.72 Å². The first-order chi connectivity index (χ1) is 8.40. The van der Waals surface area contributed by atoms with Crippen molar-refractivity contribution in [3.05, 3.63) is 23.7 Å². The van der Waals surface area contributed by atoms with Gasteiger partial charge in [0.2, 0.25) is 0 Å². The summed E-state index contributed by atoms with van der Waals surface area (Å²) in [5.74, 6) is -1.33. The molecule has 2 aromatic heterocycles. The number of sulfonamides is 1. The van der Waals surface area contributed by atoms with Gasteiger partial charge in [0, 0.05) is 6.07 Å². The Balaban J connectivity index is 2.28. The van der Waals surface area contributed by atoms with Crippen molar-refractivity contribution in [3.8, 4) is 0 Å². The van der Waals surface area contributed by atoms with Gasteiger partial charge in [0.1, 0.15) is 10.6 Å². The summed E-state index contributed by atoms with van der Waals surface area (Å²) in [4.78, 5) is 10.6. The number of carbonyl (C=O) groups is 1.